The van der Waals surface area contributed by atoms with E-state index in [4.69, 9.17) is 5.73 Å². The third kappa shape index (κ3) is 7.97. The summed E-state index contributed by atoms with van der Waals surface area (Å²) in [6, 6.07) is -5.05. The minimum atomic E-state index is -1.61. The number of H-pyrrole nitrogens is 3. The van der Waals surface area contributed by atoms with Crippen LogP contribution < -0.4 is 21.7 Å². The van der Waals surface area contributed by atoms with E-state index in [2.05, 4.69) is 45.9 Å². The van der Waals surface area contributed by atoms with Crippen molar-refractivity contribution in [3.05, 3.63) is 54.7 Å². The van der Waals surface area contributed by atoms with Crippen molar-refractivity contribution >= 4 is 23.7 Å². The van der Waals surface area contributed by atoms with Crippen LogP contribution in [0, 0.1) is 0 Å². The lowest BCUT2D eigenvalue weighted by atomic mass is 10.1. The molecule has 0 saturated carbocycles. The first-order valence-corrected chi connectivity index (χ1v) is 11.6. The van der Waals surface area contributed by atoms with Crippen LogP contribution in [0.3, 0.4) is 0 Å². The van der Waals surface area contributed by atoms with Gasteiger partial charge in [0.2, 0.25) is 17.7 Å². The Balaban J connectivity index is 1.77. The molecule has 3 heterocycles. The Labute approximate surface area is 216 Å². The van der Waals surface area contributed by atoms with Gasteiger partial charge in [-0.1, -0.05) is 0 Å². The molecule has 16 nitrogen and oxygen atoms in total. The van der Waals surface area contributed by atoms with Gasteiger partial charge in [-0.3, -0.25) is 14.4 Å². The highest BCUT2D eigenvalue weighted by molar-refractivity contribution is 5.94. The molecule has 3 rings (SSSR count). The third-order valence-electron chi connectivity index (χ3n) is 5.60. The molecule has 3 aromatic heterocycles. The van der Waals surface area contributed by atoms with E-state index in [1.807, 2.05) is 0 Å². The van der Waals surface area contributed by atoms with Crippen LogP contribution in [0.1, 0.15) is 24.0 Å². The van der Waals surface area contributed by atoms with Crippen LogP contribution in [0.15, 0.2) is 37.6 Å². The Hall–Kier alpha value is -4.57. The summed E-state index contributed by atoms with van der Waals surface area (Å²) in [5.41, 5.74) is 7.65. The van der Waals surface area contributed by atoms with Crippen molar-refractivity contribution in [2.45, 2.75) is 56.5 Å². The molecule has 0 aliphatic heterocycles. The highest BCUT2D eigenvalue weighted by Gasteiger charge is 2.32. The molecule has 0 aliphatic rings. The number of rotatable bonds is 14. The fraction of sp³-hybridized carbons (Fsp3) is 0.409. The summed E-state index contributed by atoms with van der Waals surface area (Å²) >= 11 is 0. The van der Waals surface area contributed by atoms with E-state index >= 15 is 0 Å². The van der Waals surface area contributed by atoms with Crippen LogP contribution in [-0.2, 0) is 38.4 Å². The number of aromatic amines is 3. The molecule has 16 heteroatoms. The number of hydrogen-bond acceptors (Lipinski definition) is 9. The van der Waals surface area contributed by atoms with E-state index in [0.29, 0.717) is 17.1 Å². The number of nitrogens with two attached hydrogens (primary N) is 1. The van der Waals surface area contributed by atoms with Crippen molar-refractivity contribution in [3.8, 4) is 0 Å². The minimum Gasteiger partial charge on any atom is -0.480 e. The molecule has 0 saturated heterocycles. The fourth-order valence-electron chi connectivity index (χ4n) is 3.57. The maximum atomic E-state index is 13.4. The third-order valence-corrected chi connectivity index (χ3v) is 5.60. The number of nitrogens with zero attached hydrogens (tertiary/aromatic N) is 3. The summed E-state index contributed by atoms with van der Waals surface area (Å²) < 4.78 is 0. The van der Waals surface area contributed by atoms with Gasteiger partial charge in [-0.25, -0.2) is 19.7 Å². The zero-order valence-electron chi connectivity index (χ0n) is 20.4. The van der Waals surface area contributed by atoms with E-state index < -0.39 is 54.0 Å². The number of aliphatic carboxylic acids is 1. The molecule has 3 aromatic rings. The van der Waals surface area contributed by atoms with Gasteiger partial charge in [0.15, 0.2) is 6.04 Å². The second-order valence-electron chi connectivity index (χ2n) is 8.64. The quantitative estimate of drug-likeness (QED) is 0.103. The van der Waals surface area contributed by atoms with Gasteiger partial charge in [-0.15, -0.1) is 0 Å². The zero-order valence-corrected chi connectivity index (χ0v) is 20.4. The van der Waals surface area contributed by atoms with E-state index in [9.17, 15) is 29.4 Å². The summed E-state index contributed by atoms with van der Waals surface area (Å²) in [5.74, 6) is -3.65. The van der Waals surface area contributed by atoms with Crippen LogP contribution in [0.25, 0.3) is 0 Å². The van der Waals surface area contributed by atoms with Crippen molar-refractivity contribution in [1.82, 2.24) is 45.9 Å². The van der Waals surface area contributed by atoms with E-state index in [1.165, 1.54) is 44.5 Å². The van der Waals surface area contributed by atoms with Crippen LogP contribution in [0.2, 0.25) is 0 Å². The molecular formula is C22H30N10O6. The predicted molar refractivity (Wildman–Crippen MR) is 130 cm³/mol. The largest absolute Gasteiger partial charge is 0.480 e. The Morgan fingerprint density at radius 2 is 1.21 bits per heavy atom. The van der Waals surface area contributed by atoms with E-state index in [-0.39, 0.29) is 19.3 Å². The summed E-state index contributed by atoms with van der Waals surface area (Å²) in [7, 11) is 0. The second kappa shape index (κ2) is 13.1. The molecule has 38 heavy (non-hydrogen) atoms. The molecule has 0 radical (unpaired) electrons. The molecular weight excluding hydrogens is 500 g/mol. The van der Waals surface area contributed by atoms with Gasteiger partial charge in [0.05, 0.1) is 31.1 Å². The number of imidazole rings is 3. The van der Waals surface area contributed by atoms with Crippen molar-refractivity contribution < 1.29 is 29.4 Å². The molecule has 5 atom stereocenters. The summed E-state index contributed by atoms with van der Waals surface area (Å²) in [6.45, 7) is 1.21. The SMILES string of the molecule is CC(O)C(NC(=O)C(Cc1cnc[nH]1)NC(=O)C(Cc1cnc[nH]1)NC(=O)C(N)Cc1cnc[nH]1)C(=O)O. The summed E-state index contributed by atoms with van der Waals surface area (Å²) in [6.07, 6.45) is 7.35. The molecule has 5 unspecified atom stereocenters. The van der Waals surface area contributed by atoms with Gasteiger partial charge < -0.3 is 46.8 Å². The van der Waals surface area contributed by atoms with Gasteiger partial charge in [0.1, 0.15) is 12.1 Å². The number of aromatic nitrogens is 6. The number of aliphatic hydroxyl groups is 1. The predicted octanol–water partition coefficient (Wildman–Crippen LogP) is -2.87. The smallest absolute Gasteiger partial charge is 0.328 e. The average Bonchev–Trinajstić information content (AvgIpc) is 3.65. The van der Waals surface area contributed by atoms with Gasteiger partial charge in [0, 0.05) is 54.9 Å². The molecule has 0 spiro atoms. The maximum absolute atomic E-state index is 13.4. The van der Waals surface area contributed by atoms with E-state index in [0.717, 1.165) is 0 Å². The van der Waals surface area contributed by atoms with Crippen molar-refractivity contribution in [2.24, 2.45) is 5.73 Å². The van der Waals surface area contributed by atoms with Crippen LogP contribution in [-0.4, -0.2) is 94.1 Å². The normalized spacial score (nSPS) is 15.0. The number of nitrogens with one attached hydrogen (secondary N) is 6. The summed E-state index contributed by atoms with van der Waals surface area (Å²) in [4.78, 5) is 70.8. The minimum absolute atomic E-state index is 0.00181. The van der Waals surface area contributed by atoms with Crippen LogP contribution >= 0.6 is 0 Å². The van der Waals surface area contributed by atoms with Crippen LogP contribution in [0.4, 0.5) is 0 Å². The lowest BCUT2D eigenvalue weighted by Crippen LogP contribution is -2.59. The summed E-state index contributed by atoms with van der Waals surface area (Å²) in [5, 5.41) is 26.5. The zero-order chi connectivity index (χ0) is 27.7. The molecule has 204 valence electrons. The van der Waals surface area contributed by atoms with Gasteiger partial charge in [0.25, 0.3) is 0 Å². The first-order chi connectivity index (χ1) is 18.1. The van der Waals surface area contributed by atoms with Gasteiger partial charge in [-0.05, 0) is 6.92 Å². The lowest BCUT2D eigenvalue weighted by Gasteiger charge is -2.25. The van der Waals surface area contributed by atoms with Crippen molar-refractivity contribution in [2.75, 3.05) is 0 Å². The number of carboxylic acids is 1. The van der Waals surface area contributed by atoms with Crippen LogP contribution in [0.5, 0.6) is 0 Å². The second-order valence-corrected chi connectivity index (χ2v) is 8.64. The Bertz CT molecular complexity index is 1180. The Morgan fingerprint density at radius 3 is 1.61 bits per heavy atom. The Kier molecular flexibility index (Phi) is 9.66. The van der Waals surface area contributed by atoms with Crippen molar-refractivity contribution in [1.29, 1.82) is 0 Å². The maximum Gasteiger partial charge on any atom is 0.328 e. The first-order valence-electron chi connectivity index (χ1n) is 11.6. The molecule has 3 amide bonds. The molecule has 10 N–H and O–H groups in total. The van der Waals surface area contributed by atoms with E-state index in [1.54, 1.807) is 0 Å². The first kappa shape index (κ1) is 28.0. The van der Waals surface area contributed by atoms with Gasteiger partial charge >= 0.3 is 5.97 Å². The average molecular weight is 531 g/mol. The number of carboxylic acid groups (broad SMARTS) is 1. The highest BCUT2D eigenvalue weighted by atomic mass is 16.4. The van der Waals surface area contributed by atoms with Gasteiger partial charge in [-0.2, -0.15) is 0 Å². The number of aliphatic hydroxyl groups excluding tert-OH is 1. The number of carbonyl (C=O) groups is 4. The molecule has 0 bridgehead atoms. The van der Waals surface area contributed by atoms with Crippen molar-refractivity contribution in [3.63, 3.8) is 0 Å². The molecule has 0 fully saturated rings. The number of amides is 3. The highest BCUT2D eigenvalue weighted by Crippen LogP contribution is 2.06. The topological polar surface area (TPSA) is 257 Å². The standard InChI is InChI=1S/C22H30N10O6/c1-11(33)18(22(37)38)32-21(36)17(4-14-7-26-10-29-14)31-20(35)16(3-13-6-25-9-28-13)30-19(34)15(23)2-12-5-24-8-27-12/h5-11,15-18,33H,2-4,23H2,1H3,(H,24,27)(H,25,28)(H,26,29)(H,30,34)(H,31,35)(H,32,36)(H,37,38). The molecule has 0 aliphatic carbocycles. The lowest BCUT2D eigenvalue weighted by molar-refractivity contribution is -0.145. The Morgan fingerprint density at radius 1 is 0.789 bits per heavy atom. The number of hydrogen-bond donors (Lipinski definition) is 9. The fourth-order valence-corrected chi connectivity index (χ4v) is 3.57. The number of carbonyl (C=O) groups excluding carboxylic acids is 3. The monoisotopic (exact) mass is 530 g/mol. The molecule has 0 aromatic carbocycles.